The van der Waals surface area contributed by atoms with Crippen molar-refractivity contribution in [1.82, 2.24) is 0 Å². The van der Waals surface area contributed by atoms with Gasteiger partial charge in [0.1, 0.15) is 0 Å². The van der Waals surface area contributed by atoms with Crippen LogP contribution in [-0.2, 0) is 6.42 Å². The van der Waals surface area contributed by atoms with E-state index in [4.69, 9.17) is 0 Å². The van der Waals surface area contributed by atoms with Crippen LogP contribution < -0.4 is 4.74 Å². The van der Waals surface area contributed by atoms with Gasteiger partial charge in [0.05, 0.1) is 7.11 Å². The van der Waals surface area contributed by atoms with Gasteiger partial charge in [0.25, 0.3) is 0 Å². The molecule has 0 aliphatic rings. The lowest BCUT2D eigenvalue weighted by Gasteiger charge is -2.07. The van der Waals surface area contributed by atoms with Gasteiger partial charge in [-0.3, -0.25) is 10.1 Å². The van der Waals surface area contributed by atoms with Gasteiger partial charge < -0.3 is 4.74 Å². The number of nitro groups is 1. The van der Waals surface area contributed by atoms with Crippen molar-refractivity contribution < 1.29 is 18.4 Å². The topological polar surface area (TPSA) is 52.4 Å². The highest BCUT2D eigenvalue weighted by molar-refractivity contribution is 5.35. The average molecular weight is 217 g/mol. The van der Waals surface area contributed by atoms with Crippen molar-refractivity contribution in [3.8, 4) is 5.75 Å². The summed E-state index contributed by atoms with van der Waals surface area (Å²) < 4.78 is 30.5. The second kappa shape index (κ2) is 4.68. The maximum absolute atomic E-state index is 13.1. The molecule has 0 aromatic heterocycles. The molecule has 0 heterocycles. The van der Waals surface area contributed by atoms with Gasteiger partial charge in [-0.05, 0) is 6.07 Å². The van der Waals surface area contributed by atoms with Crippen LogP contribution >= 0.6 is 0 Å². The number of hydrogen-bond acceptors (Lipinski definition) is 3. The third-order valence-corrected chi connectivity index (χ3v) is 1.90. The first-order chi connectivity index (χ1) is 7.06. The van der Waals surface area contributed by atoms with Crippen LogP contribution in [0.3, 0.4) is 0 Å². The van der Waals surface area contributed by atoms with Crippen molar-refractivity contribution in [3.63, 3.8) is 0 Å². The van der Waals surface area contributed by atoms with E-state index in [1.165, 1.54) is 13.2 Å². The first-order valence-corrected chi connectivity index (χ1v) is 4.19. The lowest BCUT2D eigenvalue weighted by atomic mass is 10.1. The number of rotatable bonds is 4. The predicted molar refractivity (Wildman–Crippen MR) is 48.5 cm³/mol. The Bertz CT molecular complexity index is 382. The van der Waals surface area contributed by atoms with E-state index in [-0.39, 0.29) is 24.3 Å². The molecule has 82 valence electrons. The van der Waals surface area contributed by atoms with E-state index < -0.39 is 16.6 Å². The molecule has 0 aliphatic heterocycles. The van der Waals surface area contributed by atoms with Crippen molar-refractivity contribution in [3.05, 3.63) is 39.4 Å². The average Bonchev–Trinajstić information content (AvgIpc) is 2.19. The maximum atomic E-state index is 13.1. The van der Waals surface area contributed by atoms with Crippen LogP contribution in [0.5, 0.6) is 5.75 Å². The van der Waals surface area contributed by atoms with Gasteiger partial charge >= 0.3 is 0 Å². The number of methoxy groups -OCH3 is 1. The minimum Gasteiger partial charge on any atom is -0.493 e. The van der Waals surface area contributed by atoms with Gasteiger partial charge in [0, 0.05) is 16.9 Å². The van der Waals surface area contributed by atoms with E-state index >= 15 is 0 Å². The molecular formula is C9H9F2NO3. The minimum absolute atomic E-state index is 0.00731. The van der Waals surface area contributed by atoms with Crippen LogP contribution in [0, 0.1) is 21.7 Å². The molecule has 0 radical (unpaired) electrons. The summed E-state index contributed by atoms with van der Waals surface area (Å²) in [4.78, 5) is 9.59. The van der Waals surface area contributed by atoms with Crippen molar-refractivity contribution in [2.45, 2.75) is 6.42 Å². The molecule has 6 heteroatoms. The summed E-state index contributed by atoms with van der Waals surface area (Å²) in [6.45, 7) is -0.346. The highest BCUT2D eigenvalue weighted by atomic mass is 19.2. The molecule has 0 spiro atoms. The molecule has 0 saturated heterocycles. The minimum atomic E-state index is -1.11. The quantitative estimate of drug-likeness (QED) is 0.570. The second-order valence-electron chi connectivity index (χ2n) is 2.86. The van der Waals surface area contributed by atoms with E-state index in [9.17, 15) is 18.9 Å². The SMILES string of the molecule is COc1c(CC[N+](=O)[O-])ccc(F)c1F. The van der Waals surface area contributed by atoms with Crippen molar-refractivity contribution in [1.29, 1.82) is 0 Å². The molecule has 0 saturated carbocycles. The number of benzene rings is 1. The molecular weight excluding hydrogens is 208 g/mol. The van der Waals surface area contributed by atoms with Crippen LogP contribution in [0.4, 0.5) is 8.78 Å². The van der Waals surface area contributed by atoms with Gasteiger partial charge in [-0.15, -0.1) is 0 Å². The van der Waals surface area contributed by atoms with Crippen LogP contribution in [-0.4, -0.2) is 18.6 Å². The molecule has 1 aromatic rings. The van der Waals surface area contributed by atoms with Gasteiger partial charge in [-0.1, -0.05) is 6.07 Å². The molecule has 1 aromatic carbocycles. The fourth-order valence-corrected chi connectivity index (χ4v) is 1.20. The molecule has 0 atom stereocenters. The monoisotopic (exact) mass is 217 g/mol. The van der Waals surface area contributed by atoms with E-state index in [1.807, 2.05) is 0 Å². The zero-order chi connectivity index (χ0) is 11.4. The molecule has 0 bridgehead atoms. The van der Waals surface area contributed by atoms with Crippen molar-refractivity contribution in [2.75, 3.05) is 13.7 Å². The van der Waals surface area contributed by atoms with Gasteiger partial charge in [-0.2, -0.15) is 4.39 Å². The molecule has 0 unspecified atom stereocenters. The molecule has 15 heavy (non-hydrogen) atoms. The van der Waals surface area contributed by atoms with Crippen molar-refractivity contribution in [2.24, 2.45) is 0 Å². The summed E-state index contributed by atoms with van der Waals surface area (Å²) in [6.07, 6.45) is 0.00731. The molecule has 0 aliphatic carbocycles. The van der Waals surface area contributed by atoms with E-state index in [2.05, 4.69) is 4.74 Å². The van der Waals surface area contributed by atoms with Gasteiger partial charge in [0.2, 0.25) is 12.4 Å². The maximum Gasteiger partial charge on any atom is 0.208 e. The van der Waals surface area contributed by atoms with E-state index in [0.717, 1.165) is 6.07 Å². The highest BCUT2D eigenvalue weighted by Gasteiger charge is 2.15. The fraction of sp³-hybridized carbons (Fsp3) is 0.333. The Hall–Kier alpha value is -1.72. The van der Waals surface area contributed by atoms with Gasteiger partial charge in [-0.25, -0.2) is 4.39 Å². The van der Waals surface area contributed by atoms with Crippen LogP contribution in [0.1, 0.15) is 5.56 Å². The Kier molecular flexibility index (Phi) is 3.54. The van der Waals surface area contributed by atoms with E-state index in [0.29, 0.717) is 0 Å². The van der Waals surface area contributed by atoms with Crippen LogP contribution in [0.25, 0.3) is 0 Å². The summed E-state index contributed by atoms with van der Waals surface area (Å²) in [5.74, 6) is -2.41. The first kappa shape index (κ1) is 11.4. The summed E-state index contributed by atoms with van der Waals surface area (Å²) >= 11 is 0. The van der Waals surface area contributed by atoms with Crippen LogP contribution in [0.15, 0.2) is 12.1 Å². The predicted octanol–water partition coefficient (Wildman–Crippen LogP) is 1.79. The molecule has 4 nitrogen and oxygen atoms in total. The summed E-state index contributed by atoms with van der Waals surface area (Å²) in [6, 6.07) is 2.20. The normalized spacial score (nSPS) is 10.1. The number of ether oxygens (including phenoxy) is 1. The Morgan fingerprint density at radius 1 is 1.47 bits per heavy atom. The third kappa shape index (κ3) is 2.61. The Morgan fingerprint density at radius 2 is 2.13 bits per heavy atom. The smallest absolute Gasteiger partial charge is 0.208 e. The highest BCUT2D eigenvalue weighted by Crippen LogP contribution is 2.25. The summed E-state index contributed by atoms with van der Waals surface area (Å²) in [5, 5.41) is 10.1. The number of nitrogens with zero attached hydrogens (tertiary/aromatic N) is 1. The standard InChI is InChI=1S/C9H9F2NO3/c1-15-9-6(4-5-12(13)14)2-3-7(10)8(9)11/h2-3H,4-5H2,1H3. The second-order valence-corrected chi connectivity index (χ2v) is 2.86. The van der Waals surface area contributed by atoms with Crippen LogP contribution in [0.2, 0.25) is 0 Å². The molecule has 1 rings (SSSR count). The molecule has 0 N–H and O–H groups in total. The zero-order valence-corrected chi connectivity index (χ0v) is 8.00. The lowest BCUT2D eigenvalue weighted by Crippen LogP contribution is -2.06. The van der Waals surface area contributed by atoms with Crippen molar-refractivity contribution >= 4 is 0 Å². The Labute approximate surface area is 84.6 Å². The largest absolute Gasteiger partial charge is 0.493 e. The number of hydrogen-bond donors (Lipinski definition) is 0. The Morgan fingerprint density at radius 3 is 2.67 bits per heavy atom. The summed E-state index contributed by atoms with van der Waals surface area (Å²) in [5.41, 5.74) is 0.285. The van der Waals surface area contributed by atoms with Gasteiger partial charge in [0.15, 0.2) is 11.6 Å². The number of halogens is 2. The first-order valence-electron chi connectivity index (χ1n) is 4.19. The zero-order valence-electron chi connectivity index (χ0n) is 8.00. The summed E-state index contributed by atoms with van der Waals surface area (Å²) in [7, 11) is 1.19. The molecule has 0 fully saturated rings. The Balaban J connectivity index is 2.97. The third-order valence-electron chi connectivity index (χ3n) is 1.90. The lowest BCUT2D eigenvalue weighted by molar-refractivity contribution is -0.479. The van der Waals surface area contributed by atoms with E-state index in [1.54, 1.807) is 0 Å². The fourth-order valence-electron chi connectivity index (χ4n) is 1.20. The molecule has 0 amide bonds.